The zero-order chi connectivity index (χ0) is 13.2. The van der Waals surface area contributed by atoms with Gasteiger partial charge in [0.2, 0.25) is 0 Å². The van der Waals surface area contributed by atoms with Crippen LogP contribution in [0, 0.1) is 0 Å². The van der Waals surface area contributed by atoms with Crippen molar-refractivity contribution in [3.8, 4) is 5.75 Å². The van der Waals surface area contributed by atoms with Crippen molar-refractivity contribution in [2.24, 2.45) is 0 Å². The van der Waals surface area contributed by atoms with Crippen LogP contribution in [-0.4, -0.2) is 11.1 Å². The molecule has 2 aromatic carbocycles. The molecule has 3 heteroatoms. The second kappa shape index (κ2) is 5.24. The standard InChI is InChI=1S/C16H16ClNO/c17-14-8-11(6-7-16(14)19)10-18-15-9-13(15)12-4-2-1-3-5-12/h1-8,13,15,18-19H,9-10H2. The van der Waals surface area contributed by atoms with Gasteiger partial charge in [0, 0.05) is 18.5 Å². The fraction of sp³-hybridized carbons (Fsp3) is 0.250. The van der Waals surface area contributed by atoms with Crippen LogP contribution in [0.15, 0.2) is 48.5 Å². The maximum atomic E-state index is 9.37. The molecule has 2 nitrogen and oxygen atoms in total. The number of phenolic OH excluding ortho intramolecular Hbond substituents is 1. The van der Waals surface area contributed by atoms with Crippen molar-refractivity contribution >= 4 is 11.6 Å². The SMILES string of the molecule is Oc1ccc(CNC2CC2c2ccccc2)cc1Cl. The highest BCUT2D eigenvalue weighted by Crippen LogP contribution is 2.40. The van der Waals surface area contributed by atoms with Crippen molar-refractivity contribution in [1.29, 1.82) is 0 Å². The molecule has 0 spiro atoms. The van der Waals surface area contributed by atoms with Gasteiger partial charge in [0.1, 0.15) is 5.75 Å². The second-order valence-electron chi connectivity index (χ2n) is 5.03. The number of benzene rings is 2. The van der Waals surface area contributed by atoms with Gasteiger partial charge < -0.3 is 10.4 Å². The number of hydrogen-bond donors (Lipinski definition) is 2. The van der Waals surface area contributed by atoms with E-state index in [-0.39, 0.29) is 5.75 Å². The monoisotopic (exact) mass is 273 g/mol. The van der Waals surface area contributed by atoms with Crippen LogP contribution < -0.4 is 5.32 Å². The Bertz CT molecular complexity index is 570. The molecule has 2 atom stereocenters. The summed E-state index contributed by atoms with van der Waals surface area (Å²) in [6, 6.07) is 16.5. The molecule has 2 unspecified atom stereocenters. The minimum atomic E-state index is 0.138. The summed E-state index contributed by atoms with van der Waals surface area (Å²) in [7, 11) is 0. The quantitative estimate of drug-likeness (QED) is 0.890. The zero-order valence-electron chi connectivity index (χ0n) is 10.5. The fourth-order valence-corrected chi connectivity index (χ4v) is 2.60. The number of halogens is 1. The molecular weight excluding hydrogens is 258 g/mol. The fourth-order valence-electron chi connectivity index (χ4n) is 2.40. The van der Waals surface area contributed by atoms with Crippen molar-refractivity contribution in [3.63, 3.8) is 0 Å². The lowest BCUT2D eigenvalue weighted by Crippen LogP contribution is -2.17. The Balaban J connectivity index is 1.56. The average Bonchev–Trinajstić information content (AvgIpc) is 3.21. The molecule has 0 aliphatic heterocycles. The van der Waals surface area contributed by atoms with Crippen LogP contribution in [0.4, 0.5) is 0 Å². The smallest absolute Gasteiger partial charge is 0.134 e. The maximum Gasteiger partial charge on any atom is 0.134 e. The average molecular weight is 274 g/mol. The van der Waals surface area contributed by atoms with Crippen LogP contribution in [0.1, 0.15) is 23.5 Å². The highest BCUT2D eigenvalue weighted by molar-refractivity contribution is 6.32. The van der Waals surface area contributed by atoms with Gasteiger partial charge in [-0.3, -0.25) is 0 Å². The van der Waals surface area contributed by atoms with Gasteiger partial charge in [0.25, 0.3) is 0 Å². The lowest BCUT2D eigenvalue weighted by Gasteiger charge is -2.06. The lowest BCUT2D eigenvalue weighted by molar-refractivity contribution is 0.475. The van der Waals surface area contributed by atoms with Crippen LogP contribution in [-0.2, 0) is 6.54 Å². The van der Waals surface area contributed by atoms with Crippen molar-refractivity contribution < 1.29 is 5.11 Å². The molecule has 1 saturated carbocycles. The maximum absolute atomic E-state index is 9.37. The van der Waals surface area contributed by atoms with E-state index in [1.54, 1.807) is 6.07 Å². The van der Waals surface area contributed by atoms with Gasteiger partial charge >= 0.3 is 0 Å². The van der Waals surface area contributed by atoms with E-state index < -0.39 is 0 Å². The van der Waals surface area contributed by atoms with Crippen molar-refractivity contribution in [2.75, 3.05) is 0 Å². The molecule has 0 aromatic heterocycles. The molecule has 0 heterocycles. The Kier molecular flexibility index (Phi) is 3.45. The summed E-state index contributed by atoms with van der Waals surface area (Å²) in [5.74, 6) is 0.771. The van der Waals surface area contributed by atoms with E-state index in [4.69, 9.17) is 11.6 Å². The first kappa shape index (κ1) is 12.5. The summed E-state index contributed by atoms with van der Waals surface area (Å²) in [6.07, 6.45) is 1.19. The van der Waals surface area contributed by atoms with Gasteiger partial charge in [0.15, 0.2) is 0 Å². The molecule has 1 fully saturated rings. The molecule has 1 aliphatic carbocycles. The Morgan fingerprint density at radius 2 is 1.95 bits per heavy atom. The third kappa shape index (κ3) is 2.91. The van der Waals surface area contributed by atoms with Gasteiger partial charge in [-0.15, -0.1) is 0 Å². The number of nitrogens with one attached hydrogen (secondary N) is 1. The molecule has 3 rings (SSSR count). The molecule has 19 heavy (non-hydrogen) atoms. The number of rotatable bonds is 4. The number of aromatic hydroxyl groups is 1. The first-order valence-electron chi connectivity index (χ1n) is 6.50. The van der Waals surface area contributed by atoms with Crippen molar-refractivity contribution in [2.45, 2.75) is 24.9 Å². The highest BCUT2D eigenvalue weighted by Gasteiger charge is 2.37. The molecule has 1 aliphatic rings. The first-order chi connectivity index (χ1) is 9.24. The molecule has 0 amide bonds. The van der Waals surface area contributed by atoms with Gasteiger partial charge in [-0.25, -0.2) is 0 Å². The minimum absolute atomic E-state index is 0.138. The van der Waals surface area contributed by atoms with E-state index >= 15 is 0 Å². The van der Waals surface area contributed by atoms with Gasteiger partial charge in [-0.1, -0.05) is 48.0 Å². The normalized spacial score (nSPS) is 21.3. The van der Waals surface area contributed by atoms with Crippen LogP contribution in [0.2, 0.25) is 5.02 Å². The predicted octanol–water partition coefficient (Wildman–Crippen LogP) is 3.69. The van der Waals surface area contributed by atoms with Crippen LogP contribution in [0.5, 0.6) is 5.75 Å². The summed E-state index contributed by atoms with van der Waals surface area (Å²) in [5, 5.41) is 13.3. The Morgan fingerprint density at radius 3 is 2.68 bits per heavy atom. The predicted molar refractivity (Wildman–Crippen MR) is 77.5 cm³/mol. The first-order valence-corrected chi connectivity index (χ1v) is 6.87. The molecule has 0 radical (unpaired) electrons. The third-order valence-corrected chi connectivity index (χ3v) is 3.90. The molecule has 2 N–H and O–H groups in total. The summed E-state index contributed by atoms with van der Waals surface area (Å²) >= 11 is 5.89. The van der Waals surface area contributed by atoms with E-state index in [1.165, 1.54) is 12.0 Å². The van der Waals surface area contributed by atoms with E-state index in [0.29, 0.717) is 17.0 Å². The number of hydrogen-bond acceptors (Lipinski definition) is 2. The van der Waals surface area contributed by atoms with Gasteiger partial charge in [0.05, 0.1) is 5.02 Å². The van der Waals surface area contributed by atoms with E-state index in [0.717, 1.165) is 12.1 Å². The Hall–Kier alpha value is -1.51. The Morgan fingerprint density at radius 1 is 1.16 bits per heavy atom. The summed E-state index contributed by atoms with van der Waals surface area (Å²) < 4.78 is 0. The molecular formula is C16H16ClNO. The highest BCUT2D eigenvalue weighted by atomic mass is 35.5. The Labute approximate surface area is 118 Å². The van der Waals surface area contributed by atoms with Crippen LogP contribution in [0.3, 0.4) is 0 Å². The molecule has 0 saturated heterocycles. The van der Waals surface area contributed by atoms with Gasteiger partial charge in [-0.05, 0) is 29.7 Å². The summed E-state index contributed by atoms with van der Waals surface area (Å²) in [4.78, 5) is 0. The molecule has 0 bridgehead atoms. The topological polar surface area (TPSA) is 32.3 Å². The van der Waals surface area contributed by atoms with Crippen molar-refractivity contribution in [3.05, 3.63) is 64.7 Å². The van der Waals surface area contributed by atoms with Crippen LogP contribution >= 0.6 is 11.6 Å². The van der Waals surface area contributed by atoms with E-state index in [1.807, 2.05) is 18.2 Å². The minimum Gasteiger partial charge on any atom is -0.506 e. The second-order valence-corrected chi connectivity index (χ2v) is 5.43. The third-order valence-electron chi connectivity index (χ3n) is 3.60. The van der Waals surface area contributed by atoms with E-state index in [2.05, 4.69) is 29.6 Å². The number of phenols is 1. The van der Waals surface area contributed by atoms with Crippen LogP contribution in [0.25, 0.3) is 0 Å². The van der Waals surface area contributed by atoms with E-state index in [9.17, 15) is 5.11 Å². The zero-order valence-corrected chi connectivity index (χ0v) is 11.3. The molecule has 2 aromatic rings. The summed E-state index contributed by atoms with van der Waals surface area (Å²) in [5.41, 5.74) is 2.50. The molecule has 98 valence electrons. The summed E-state index contributed by atoms with van der Waals surface area (Å²) in [6.45, 7) is 0.786. The van der Waals surface area contributed by atoms with Crippen molar-refractivity contribution in [1.82, 2.24) is 5.32 Å². The van der Waals surface area contributed by atoms with Gasteiger partial charge in [-0.2, -0.15) is 0 Å². The largest absolute Gasteiger partial charge is 0.506 e. The lowest BCUT2D eigenvalue weighted by atomic mass is 10.1.